The van der Waals surface area contributed by atoms with Crippen LogP contribution in [0.5, 0.6) is 5.75 Å². The summed E-state index contributed by atoms with van der Waals surface area (Å²) < 4.78 is 5.11. The van der Waals surface area contributed by atoms with E-state index in [0.29, 0.717) is 9.95 Å². The molecule has 0 unspecified atom stereocenters. The lowest BCUT2D eigenvalue weighted by atomic mass is 10.2. The summed E-state index contributed by atoms with van der Waals surface area (Å²) in [5.74, 6) is 0.574. The van der Waals surface area contributed by atoms with Crippen LogP contribution in [-0.2, 0) is 4.79 Å². The molecule has 1 aliphatic heterocycles. The van der Waals surface area contributed by atoms with E-state index in [9.17, 15) is 4.79 Å². The topological polar surface area (TPSA) is 51.6 Å². The highest BCUT2D eigenvalue weighted by Gasteiger charge is 2.22. The van der Waals surface area contributed by atoms with E-state index in [1.807, 2.05) is 42.5 Å². The van der Waals surface area contributed by atoms with Gasteiger partial charge in [-0.25, -0.2) is 4.99 Å². The summed E-state index contributed by atoms with van der Waals surface area (Å²) in [5.41, 5.74) is 1.79. The predicted octanol–water partition coefficient (Wildman–Crippen LogP) is 3.15. The molecule has 0 spiro atoms. The van der Waals surface area contributed by atoms with E-state index in [0.717, 1.165) is 16.9 Å². The summed E-state index contributed by atoms with van der Waals surface area (Å²) in [5, 5.41) is 0.688. The number of hydrogen-bond acceptors (Lipinski definition) is 4. The first kappa shape index (κ1) is 13.6. The lowest BCUT2D eigenvalue weighted by Gasteiger charge is -2.00. The minimum Gasteiger partial charge on any atom is -0.497 e. The van der Waals surface area contributed by atoms with Gasteiger partial charge in [0.15, 0.2) is 0 Å². The lowest BCUT2D eigenvalue weighted by molar-refractivity contribution is -0.113. The van der Waals surface area contributed by atoms with Crippen LogP contribution in [0.3, 0.4) is 0 Å². The second-order valence-electron chi connectivity index (χ2n) is 4.35. The van der Waals surface area contributed by atoms with E-state index in [2.05, 4.69) is 9.98 Å². The van der Waals surface area contributed by atoms with Gasteiger partial charge in [0, 0.05) is 18.0 Å². The fourth-order valence-corrected chi connectivity index (χ4v) is 2.78. The zero-order valence-corrected chi connectivity index (χ0v) is 12.1. The summed E-state index contributed by atoms with van der Waals surface area (Å²) in [4.78, 5) is 20.7. The highest BCUT2D eigenvalue weighted by molar-refractivity contribution is 8.19. The third-order valence-corrected chi connectivity index (χ3v) is 3.98. The Labute approximate surface area is 126 Å². The van der Waals surface area contributed by atoms with E-state index in [1.54, 1.807) is 19.5 Å². The van der Waals surface area contributed by atoms with Crippen molar-refractivity contribution in [1.82, 2.24) is 4.98 Å². The number of rotatable bonds is 3. The van der Waals surface area contributed by atoms with Crippen molar-refractivity contribution in [2.24, 2.45) is 4.99 Å². The van der Waals surface area contributed by atoms with Gasteiger partial charge in [0.25, 0.3) is 5.91 Å². The molecule has 1 aromatic heterocycles. The Hall–Kier alpha value is -2.40. The molecule has 2 heterocycles. The van der Waals surface area contributed by atoms with Crippen molar-refractivity contribution in [2.75, 3.05) is 7.11 Å². The first-order valence-electron chi connectivity index (χ1n) is 6.33. The summed E-state index contributed by atoms with van der Waals surface area (Å²) in [6, 6.07) is 11.2. The smallest absolute Gasteiger partial charge is 0.284 e. The third-order valence-electron chi connectivity index (χ3n) is 2.94. The molecule has 5 heteroatoms. The molecule has 0 fully saturated rings. The third kappa shape index (κ3) is 3.03. The van der Waals surface area contributed by atoms with Gasteiger partial charge in [0.1, 0.15) is 10.8 Å². The normalized spacial score (nSPS) is 16.1. The minimum absolute atomic E-state index is 0.213. The highest BCUT2D eigenvalue weighted by atomic mass is 32.2. The Morgan fingerprint density at radius 3 is 2.67 bits per heavy atom. The number of hydrogen-bond donors (Lipinski definition) is 0. The van der Waals surface area contributed by atoms with E-state index < -0.39 is 0 Å². The number of carbonyl (C=O) groups is 1. The Morgan fingerprint density at radius 1 is 1.19 bits per heavy atom. The van der Waals surface area contributed by atoms with Crippen LogP contribution in [-0.4, -0.2) is 23.0 Å². The number of carbonyl (C=O) groups excluding carboxylic acids is 1. The molecule has 0 saturated heterocycles. The largest absolute Gasteiger partial charge is 0.497 e. The second kappa shape index (κ2) is 5.93. The molecule has 104 valence electrons. The quantitative estimate of drug-likeness (QED) is 0.816. The van der Waals surface area contributed by atoms with Crippen molar-refractivity contribution >= 4 is 28.8 Å². The van der Waals surface area contributed by atoms with Gasteiger partial charge in [-0.3, -0.25) is 9.78 Å². The maximum atomic E-state index is 12.0. The number of ether oxygens (including phenoxy) is 1. The molecule has 0 bridgehead atoms. The van der Waals surface area contributed by atoms with Gasteiger partial charge in [0.05, 0.1) is 12.0 Å². The Bertz CT molecular complexity index is 722. The zero-order valence-electron chi connectivity index (χ0n) is 11.3. The van der Waals surface area contributed by atoms with Crippen LogP contribution in [0.1, 0.15) is 11.1 Å². The van der Waals surface area contributed by atoms with Gasteiger partial charge in [0.2, 0.25) is 0 Å². The summed E-state index contributed by atoms with van der Waals surface area (Å²) >= 11 is 1.37. The maximum Gasteiger partial charge on any atom is 0.284 e. The summed E-state index contributed by atoms with van der Waals surface area (Å²) in [7, 11) is 1.62. The molecule has 21 heavy (non-hydrogen) atoms. The van der Waals surface area contributed by atoms with Gasteiger partial charge >= 0.3 is 0 Å². The van der Waals surface area contributed by atoms with E-state index >= 15 is 0 Å². The van der Waals surface area contributed by atoms with Crippen molar-refractivity contribution in [3.05, 3.63) is 64.8 Å². The molecule has 0 radical (unpaired) electrons. The van der Waals surface area contributed by atoms with Gasteiger partial charge in [-0.2, -0.15) is 0 Å². The number of aliphatic imine (C=N–C) groups is 1. The molecule has 0 saturated carbocycles. The Morgan fingerprint density at radius 2 is 2.00 bits per heavy atom. The fraction of sp³-hybridized carbons (Fsp3) is 0.0625. The summed E-state index contributed by atoms with van der Waals surface area (Å²) in [6.45, 7) is 0. The van der Waals surface area contributed by atoms with Crippen molar-refractivity contribution in [1.29, 1.82) is 0 Å². The maximum absolute atomic E-state index is 12.0. The molecule has 0 atom stereocenters. The van der Waals surface area contributed by atoms with E-state index in [-0.39, 0.29) is 5.91 Å². The number of benzene rings is 1. The molecule has 0 N–H and O–H groups in total. The zero-order chi connectivity index (χ0) is 14.7. The monoisotopic (exact) mass is 296 g/mol. The number of aromatic nitrogens is 1. The molecular weight excluding hydrogens is 284 g/mol. The van der Waals surface area contributed by atoms with Crippen molar-refractivity contribution in [3.8, 4) is 5.75 Å². The molecule has 1 amide bonds. The molecule has 3 rings (SSSR count). The van der Waals surface area contributed by atoms with Crippen LogP contribution in [0.25, 0.3) is 6.08 Å². The number of pyridine rings is 1. The van der Waals surface area contributed by atoms with Gasteiger partial charge in [-0.1, -0.05) is 23.9 Å². The average molecular weight is 296 g/mol. The molecule has 2 aromatic rings. The van der Waals surface area contributed by atoms with Gasteiger partial charge < -0.3 is 4.74 Å². The van der Waals surface area contributed by atoms with Crippen LogP contribution in [0.2, 0.25) is 0 Å². The average Bonchev–Trinajstić information content (AvgIpc) is 2.90. The van der Waals surface area contributed by atoms with Crippen LogP contribution in [0.15, 0.2) is 58.7 Å². The minimum atomic E-state index is -0.213. The van der Waals surface area contributed by atoms with Crippen LogP contribution in [0, 0.1) is 0 Å². The Balaban J connectivity index is 1.82. The molecule has 0 aliphatic carbocycles. The summed E-state index contributed by atoms with van der Waals surface area (Å²) in [6.07, 6.45) is 5.23. The SMILES string of the molecule is COc1ccc(/C=C2\SC(c3cccnc3)=NC2=O)cc1. The Kier molecular flexibility index (Phi) is 3.83. The number of methoxy groups -OCH3 is 1. The molecule has 1 aromatic carbocycles. The second-order valence-corrected chi connectivity index (χ2v) is 5.38. The van der Waals surface area contributed by atoms with Crippen molar-refractivity contribution in [3.63, 3.8) is 0 Å². The first-order chi connectivity index (χ1) is 10.3. The molecule has 1 aliphatic rings. The van der Waals surface area contributed by atoms with E-state index in [1.165, 1.54) is 11.8 Å². The number of thioether (sulfide) groups is 1. The standard InChI is InChI=1S/C16H12N2O2S/c1-20-13-6-4-11(5-7-13)9-14-15(19)18-16(21-14)12-3-2-8-17-10-12/h2-10H,1H3/b14-9-. The van der Waals surface area contributed by atoms with Crippen LogP contribution in [0.4, 0.5) is 0 Å². The number of amides is 1. The fourth-order valence-electron chi connectivity index (χ4n) is 1.87. The van der Waals surface area contributed by atoms with Crippen molar-refractivity contribution < 1.29 is 9.53 Å². The van der Waals surface area contributed by atoms with Crippen LogP contribution < -0.4 is 4.74 Å². The highest BCUT2D eigenvalue weighted by Crippen LogP contribution is 2.31. The lowest BCUT2D eigenvalue weighted by Crippen LogP contribution is -1.91. The van der Waals surface area contributed by atoms with E-state index in [4.69, 9.17) is 4.74 Å². The first-order valence-corrected chi connectivity index (χ1v) is 7.15. The number of nitrogens with zero attached hydrogens (tertiary/aromatic N) is 2. The molecular formula is C16H12N2O2S. The molecule has 4 nitrogen and oxygen atoms in total. The van der Waals surface area contributed by atoms with Crippen molar-refractivity contribution in [2.45, 2.75) is 0 Å². The van der Waals surface area contributed by atoms with Crippen LogP contribution >= 0.6 is 11.8 Å². The predicted molar refractivity (Wildman–Crippen MR) is 84.3 cm³/mol. The van der Waals surface area contributed by atoms with Gasteiger partial charge in [-0.15, -0.1) is 0 Å². The van der Waals surface area contributed by atoms with Gasteiger partial charge in [-0.05, 0) is 35.9 Å².